The summed E-state index contributed by atoms with van der Waals surface area (Å²) in [5.41, 5.74) is -2.97. The van der Waals surface area contributed by atoms with E-state index in [0.29, 0.717) is 6.42 Å². The molecule has 0 aliphatic carbocycles. The molecule has 0 N–H and O–H groups in total. The van der Waals surface area contributed by atoms with E-state index in [-0.39, 0.29) is 12.3 Å². The predicted molar refractivity (Wildman–Crippen MR) is 103 cm³/mol. The summed E-state index contributed by atoms with van der Waals surface area (Å²) in [5, 5.41) is 0. The molecular formula is C21H37F3O4. The summed E-state index contributed by atoms with van der Waals surface area (Å²) < 4.78 is 48.6. The maximum Gasteiger partial charge on any atom is 0.425 e. The molecule has 0 aliphatic heterocycles. The van der Waals surface area contributed by atoms with Crippen molar-refractivity contribution in [1.29, 1.82) is 0 Å². The van der Waals surface area contributed by atoms with Gasteiger partial charge in [0.1, 0.15) is 5.60 Å². The van der Waals surface area contributed by atoms with Crippen molar-refractivity contribution in [2.24, 2.45) is 16.7 Å². The lowest BCUT2D eigenvalue weighted by molar-refractivity contribution is -0.222. The molecule has 0 aliphatic rings. The molecular weight excluding hydrogens is 373 g/mol. The number of hydrogen-bond acceptors (Lipinski definition) is 4. The molecule has 0 heterocycles. The molecule has 4 nitrogen and oxygen atoms in total. The van der Waals surface area contributed by atoms with E-state index < -0.39 is 40.6 Å². The fourth-order valence-corrected chi connectivity index (χ4v) is 3.49. The summed E-state index contributed by atoms with van der Waals surface area (Å²) in [7, 11) is 0. The van der Waals surface area contributed by atoms with Gasteiger partial charge in [-0.25, -0.2) is 0 Å². The Morgan fingerprint density at radius 3 is 1.71 bits per heavy atom. The van der Waals surface area contributed by atoms with Gasteiger partial charge < -0.3 is 9.47 Å². The Hall–Kier alpha value is -1.27. The van der Waals surface area contributed by atoms with E-state index >= 15 is 0 Å². The van der Waals surface area contributed by atoms with E-state index in [9.17, 15) is 22.8 Å². The second kappa shape index (κ2) is 9.49. The van der Waals surface area contributed by atoms with Gasteiger partial charge in [0.2, 0.25) is 0 Å². The highest BCUT2D eigenvalue weighted by Gasteiger charge is 2.47. The number of carbonyl (C=O) groups is 2. The first-order valence-corrected chi connectivity index (χ1v) is 9.98. The normalized spacial score (nSPS) is 16.5. The summed E-state index contributed by atoms with van der Waals surface area (Å²) in [5.74, 6) is -1.25. The van der Waals surface area contributed by atoms with Gasteiger partial charge in [-0.2, -0.15) is 13.2 Å². The van der Waals surface area contributed by atoms with Crippen LogP contribution in [-0.4, -0.2) is 29.8 Å². The van der Waals surface area contributed by atoms with Crippen LogP contribution in [0.4, 0.5) is 13.2 Å². The Morgan fingerprint density at radius 1 is 0.893 bits per heavy atom. The van der Waals surface area contributed by atoms with E-state index in [4.69, 9.17) is 4.74 Å². The lowest BCUT2D eigenvalue weighted by Crippen LogP contribution is -2.45. The molecule has 0 saturated carbocycles. The summed E-state index contributed by atoms with van der Waals surface area (Å²) >= 11 is 0. The van der Waals surface area contributed by atoms with Crippen LogP contribution < -0.4 is 0 Å². The second-order valence-corrected chi connectivity index (χ2v) is 9.07. The van der Waals surface area contributed by atoms with Crippen molar-refractivity contribution in [3.05, 3.63) is 0 Å². The maximum atomic E-state index is 13.0. The zero-order chi connectivity index (χ0) is 22.6. The summed E-state index contributed by atoms with van der Waals surface area (Å²) in [6.07, 6.45) is -4.71. The van der Waals surface area contributed by atoms with Crippen molar-refractivity contribution >= 4 is 11.9 Å². The Morgan fingerprint density at radius 2 is 1.36 bits per heavy atom. The molecule has 0 fully saturated rings. The molecule has 0 radical (unpaired) electrons. The molecule has 0 spiro atoms. The summed E-state index contributed by atoms with van der Waals surface area (Å²) in [6, 6.07) is 0. The highest BCUT2D eigenvalue weighted by atomic mass is 19.4. The van der Waals surface area contributed by atoms with E-state index in [2.05, 4.69) is 4.74 Å². The summed E-state index contributed by atoms with van der Waals surface area (Å²) in [6.45, 7) is 15.0. The highest BCUT2D eigenvalue weighted by Crippen LogP contribution is 2.41. The molecule has 0 rings (SSSR count). The van der Waals surface area contributed by atoms with Gasteiger partial charge in [0, 0.05) is 0 Å². The highest BCUT2D eigenvalue weighted by molar-refractivity contribution is 5.80. The topological polar surface area (TPSA) is 52.6 Å². The molecule has 0 aromatic heterocycles. The first kappa shape index (κ1) is 26.7. The molecule has 7 heteroatoms. The van der Waals surface area contributed by atoms with Crippen LogP contribution in [0, 0.1) is 16.7 Å². The van der Waals surface area contributed by atoms with Crippen molar-refractivity contribution < 1.29 is 32.2 Å². The van der Waals surface area contributed by atoms with E-state index in [1.54, 1.807) is 13.8 Å². The largest absolute Gasteiger partial charge is 0.459 e. The number of ether oxygens (including phenoxy) is 2. The Bertz CT molecular complexity index is 536. The molecule has 0 saturated heterocycles. The molecule has 0 amide bonds. The van der Waals surface area contributed by atoms with Crippen molar-refractivity contribution in [3.63, 3.8) is 0 Å². The lowest BCUT2D eigenvalue weighted by atomic mass is 9.72. The molecule has 28 heavy (non-hydrogen) atoms. The van der Waals surface area contributed by atoms with E-state index in [1.807, 2.05) is 27.7 Å². The fraction of sp³-hybridized carbons (Fsp3) is 0.905. The van der Waals surface area contributed by atoms with Crippen molar-refractivity contribution in [3.8, 4) is 0 Å². The van der Waals surface area contributed by atoms with Gasteiger partial charge >= 0.3 is 18.1 Å². The third-order valence-electron chi connectivity index (χ3n) is 5.73. The standard InChI is InChI=1S/C21H37F3O4/c1-10-15(11-2)19(7,8)28-17(26)20(9,12-3)13-18(5,6)16(25)27-14(4)21(22,23)24/h14-15H,10-13H2,1-9H3. The van der Waals surface area contributed by atoms with Gasteiger partial charge in [0.05, 0.1) is 10.8 Å². The number of rotatable bonds is 10. The Labute approximate surface area is 167 Å². The second-order valence-electron chi connectivity index (χ2n) is 9.07. The minimum Gasteiger partial charge on any atom is -0.459 e. The van der Waals surface area contributed by atoms with Crippen molar-refractivity contribution in [2.45, 2.75) is 106 Å². The van der Waals surface area contributed by atoms with Crippen molar-refractivity contribution in [1.82, 2.24) is 0 Å². The van der Waals surface area contributed by atoms with Gasteiger partial charge in [-0.15, -0.1) is 0 Å². The first-order valence-electron chi connectivity index (χ1n) is 9.98. The van der Waals surface area contributed by atoms with Gasteiger partial charge in [-0.1, -0.05) is 20.8 Å². The molecule has 166 valence electrons. The fourth-order valence-electron chi connectivity index (χ4n) is 3.49. The zero-order valence-electron chi connectivity index (χ0n) is 18.8. The third kappa shape index (κ3) is 6.96. The van der Waals surface area contributed by atoms with Crippen LogP contribution in [0.5, 0.6) is 0 Å². The number of esters is 2. The van der Waals surface area contributed by atoms with Gasteiger partial charge in [-0.05, 0) is 73.1 Å². The van der Waals surface area contributed by atoms with Crippen molar-refractivity contribution in [2.75, 3.05) is 0 Å². The molecule has 0 aromatic carbocycles. The number of halogens is 3. The number of alkyl halides is 3. The summed E-state index contributed by atoms with van der Waals surface area (Å²) in [4.78, 5) is 25.3. The number of hydrogen-bond donors (Lipinski definition) is 0. The SMILES string of the molecule is CCC(CC)C(C)(C)OC(=O)C(C)(CC)CC(C)(C)C(=O)OC(C)C(F)(F)F. The minimum atomic E-state index is -4.63. The Balaban J connectivity index is 5.40. The minimum absolute atomic E-state index is 0.0255. The van der Waals surface area contributed by atoms with Crippen LogP contribution in [0.2, 0.25) is 0 Å². The van der Waals surface area contributed by atoms with Gasteiger partial charge in [-0.3, -0.25) is 9.59 Å². The lowest BCUT2D eigenvalue weighted by Gasteiger charge is -2.39. The Kier molecular flexibility index (Phi) is 9.06. The molecule has 2 atom stereocenters. The van der Waals surface area contributed by atoms with Crippen LogP contribution >= 0.6 is 0 Å². The first-order chi connectivity index (χ1) is 12.5. The van der Waals surface area contributed by atoms with Crippen LogP contribution in [0.15, 0.2) is 0 Å². The average Bonchev–Trinajstić information content (AvgIpc) is 2.53. The van der Waals surface area contributed by atoms with Gasteiger partial charge in [0.15, 0.2) is 6.10 Å². The third-order valence-corrected chi connectivity index (χ3v) is 5.73. The maximum absolute atomic E-state index is 13.0. The zero-order valence-corrected chi connectivity index (χ0v) is 18.8. The van der Waals surface area contributed by atoms with Crippen LogP contribution in [-0.2, 0) is 19.1 Å². The quantitative estimate of drug-likeness (QED) is 0.410. The van der Waals surface area contributed by atoms with Crippen LogP contribution in [0.1, 0.15) is 88.0 Å². The van der Waals surface area contributed by atoms with Crippen LogP contribution in [0.25, 0.3) is 0 Å². The smallest absolute Gasteiger partial charge is 0.425 e. The van der Waals surface area contributed by atoms with E-state index in [1.165, 1.54) is 13.8 Å². The van der Waals surface area contributed by atoms with Crippen LogP contribution in [0.3, 0.4) is 0 Å². The average molecular weight is 411 g/mol. The molecule has 0 bridgehead atoms. The molecule has 2 unspecified atom stereocenters. The predicted octanol–water partition coefficient (Wildman–Crippen LogP) is 6.07. The molecule has 0 aromatic rings. The van der Waals surface area contributed by atoms with Gasteiger partial charge in [0.25, 0.3) is 0 Å². The monoisotopic (exact) mass is 410 g/mol. The van der Waals surface area contributed by atoms with E-state index in [0.717, 1.165) is 19.8 Å². The number of carbonyl (C=O) groups excluding carboxylic acids is 2.